The van der Waals surface area contributed by atoms with Gasteiger partial charge in [0.05, 0.1) is 11.1 Å². The lowest BCUT2D eigenvalue weighted by Crippen LogP contribution is -2.48. The lowest BCUT2D eigenvalue weighted by atomic mass is 9.95. The van der Waals surface area contributed by atoms with Crippen molar-refractivity contribution in [2.45, 2.75) is 37.8 Å². The summed E-state index contributed by atoms with van der Waals surface area (Å²) in [4.78, 5) is 21.9. The predicted molar refractivity (Wildman–Crippen MR) is 159 cm³/mol. The van der Waals surface area contributed by atoms with E-state index in [9.17, 15) is 4.79 Å². The molecule has 7 rings (SSSR count). The SMILES string of the molecule is Cc1ccc(OCC2CCN2C)cc1C(=O)NC1(c2cc(-c3cc4ccccc4s3)cc3ncccc23)CC1. The van der Waals surface area contributed by atoms with E-state index in [0.29, 0.717) is 18.2 Å². The van der Waals surface area contributed by atoms with E-state index in [1.54, 1.807) is 11.3 Å². The first-order valence-corrected chi connectivity index (χ1v) is 14.5. The number of amides is 1. The van der Waals surface area contributed by atoms with Gasteiger partial charge in [-0.1, -0.05) is 30.3 Å². The molecule has 1 amide bonds. The fourth-order valence-corrected chi connectivity index (χ4v) is 6.67. The van der Waals surface area contributed by atoms with Crippen LogP contribution in [0.4, 0.5) is 0 Å². The summed E-state index contributed by atoms with van der Waals surface area (Å²) in [5.41, 5.74) is 4.46. The van der Waals surface area contributed by atoms with Crippen molar-refractivity contribution in [1.82, 2.24) is 15.2 Å². The lowest BCUT2D eigenvalue weighted by Gasteiger charge is -2.37. The third kappa shape index (κ3) is 4.48. The molecule has 0 spiro atoms. The van der Waals surface area contributed by atoms with Gasteiger partial charge < -0.3 is 10.1 Å². The third-order valence-corrected chi connectivity index (χ3v) is 9.55. The van der Waals surface area contributed by atoms with Crippen molar-refractivity contribution in [2.75, 3.05) is 20.2 Å². The smallest absolute Gasteiger partial charge is 0.252 e. The molecule has 1 aliphatic carbocycles. The molecule has 0 bridgehead atoms. The molecule has 2 aliphatic rings. The molecule has 39 heavy (non-hydrogen) atoms. The number of aryl methyl sites for hydroxylation is 1. The summed E-state index contributed by atoms with van der Waals surface area (Å²) < 4.78 is 7.34. The standard InChI is InChI=1S/C33H31N3O2S/c1-21-9-10-25(38-20-24-11-15-36(24)2)19-27(21)32(37)35-33(12-13-33)28-16-23(17-29-26(28)7-5-14-34-29)31-18-22-6-3-4-8-30(22)39-31/h3-10,14,16-19,24H,11-13,15,20H2,1-2H3,(H,35,37). The van der Waals surface area contributed by atoms with Gasteiger partial charge in [0.15, 0.2) is 0 Å². The van der Waals surface area contributed by atoms with E-state index in [2.05, 4.69) is 65.8 Å². The molecule has 5 nitrogen and oxygen atoms in total. The number of benzene rings is 3. The zero-order valence-electron chi connectivity index (χ0n) is 22.2. The van der Waals surface area contributed by atoms with Crippen molar-refractivity contribution >= 4 is 38.2 Å². The summed E-state index contributed by atoms with van der Waals surface area (Å²) in [6.07, 6.45) is 4.81. The van der Waals surface area contributed by atoms with E-state index in [-0.39, 0.29) is 5.91 Å². The Morgan fingerprint density at radius 3 is 2.74 bits per heavy atom. The summed E-state index contributed by atoms with van der Waals surface area (Å²) in [6, 6.07) is 25.6. The number of carbonyl (C=O) groups is 1. The van der Waals surface area contributed by atoms with Crippen molar-refractivity contribution in [1.29, 1.82) is 0 Å². The number of fused-ring (bicyclic) bond motifs is 2. The van der Waals surface area contributed by atoms with Crippen molar-refractivity contribution in [3.63, 3.8) is 0 Å². The summed E-state index contributed by atoms with van der Waals surface area (Å²) in [6.45, 7) is 3.75. The van der Waals surface area contributed by atoms with Gasteiger partial charge in [-0.2, -0.15) is 0 Å². The van der Waals surface area contributed by atoms with Crippen LogP contribution in [0.1, 0.15) is 40.7 Å². The quantitative estimate of drug-likeness (QED) is 0.247. The third-order valence-electron chi connectivity index (χ3n) is 8.38. The van der Waals surface area contributed by atoms with Gasteiger partial charge in [0.1, 0.15) is 12.4 Å². The highest BCUT2D eigenvalue weighted by Crippen LogP contribution is 2.49. The molecule has 1 saturated heterocycles. The molecular weight excluding hydrogens is 502 g/mol. The molecule has 1 N–H and O–H groups in total. The van der Waals surface area contributed by atoms with Crippen LogP contribution in [0.15, 0.2) is 79.0 Å². The normalized spacial score (nSPS) is 18.2. The number of ether oxygens (including phenoxy) is 1. The summed E-state index contributed by atoms with van der Waals surface area (Å²) in [5.74, 6) is 0.692. The molecule has 5 aromatic rings. The number of nitrogens with zero attached hydrogens (tertiary/aromatic N) is 2. The van der Waals surface area contributed by atoms with Crippen molar-refractivity contribution < 1.29 is 9.53 Å². The number of nitrogens with one attached hydrogen (secondary N) is 1. The molecule has 3 aromatic carbocycles. The van der Waals surface area contributed by atoms with Crippen LogP contribution >= 0.6 is 11.3 Å². The van der Waals surface area contributed by atoms with Crippen molar-refractivity contribution in [2.24, 2.45) is 0 Å². The minimum Gasteiger partial charge on any atom is -0.492 e. The number of hydrogen-bond donors (Lipinski definition) is 1. The Morgan fingerprint density at radius 2 is 1.97 bits per heavy atom. The number of pyridine rings is 1. The van der Waals surface area contributed by atoms with E-state index in [0.717, 1.165) is 59.2 Å². The average Bonchev–Trinajstić information content (AvgIpc) is 3.59. The first-order valence-electron chi connectivity index (χ1n) is 13.6. The van der Waals surface area contributed by atoms with Gasteiger partial charge in [-0.05, 0) is 104 Å². The number of rotatable bonds is 7. The number of aromatic nitrogens is 1. The van der Waals surface area contributed by atoms with Crippen LogP contribution in [-0.4, -0.2) is 42.0 Å². The zero-order chi connectivity index (χ0) is 26.6. The predicted octanol–water partition coefficient (Wildman–Crippen LogP) is 6.93. The first-order chi connectivity index (χ1) is 19.0. The van der Waals surface area contributed by atoms with Crippen LogP contribution in [0.2, 0.25) is 0 Å². The second kappa shape index (κ2) is 9.47. The monoisotopic (exact) mass is 533 g/mol. The maximum atomic E-state index is 13.7. The van der Waals surface area contributed by atoms with Crippen LogP contribution < -0.4 is 10.1 Å². The summed E-state index contributed by atoms with van der Waals surface area (Å²) >= 11 is 1.79. The molecule has 1 saturated carbocycles. The van der Waals surface area contributed by atoms with E-state index in [4.69, 9.17) is 9.72 Å². The van der Waals surface area contributed by atoms with Gasteiger partial charge >= 0.3 is 0 Å². The van der Waals surface area contributed by atoms with E-state index in [1.807, 2.05) is 37.4 Å². The van der Waals surface area contributed by atoms with E-state index in [1.165, 1.54) is 15.0 Å². The molecule has 0 radical (unpaired) electrons. The fourth-order valence-electron chi connectivity index (χ4n) is 5.62. The molecule has 1 aliphatic heterocycles. The molecule has 3 heterocycles. The van der Waals surface area contributed by atoms with Gasteiger partial charge in [-0.3, -0.25) is 14.7 Å². The highest BCUT2D eigenvalue weighted by molar-refractivity contribution is 7.22. The van der Waals surface area contributed by atoms with Crippen LogP contribution in [0.5, 0.6) is 5.75 Å². The van der Waals surface area contributed by atoms with Crippen LogP contribution in [0.3, 0.4) is 0 Å². The van der Waals surface area contributed by atoms with E-state index < -0.39 is 5.54 Å². The summed E-state index contributed by atoms with van der Waals surface area (Å²) in [7, 11) is 2.12. The number of likely N-dealkylation sites (tertiary alicyclic amines) is 1. The summed E-state index contributed by atoms with van der Waals surface area (Å²) in [5, 5.41) is 5.77. The average molecular weight is 534 g/mol. The Morgan fingerprint density at radius 1 is 1.10 bits per heavy atom. The Bertz CT molecular complexity index is 1690. The van der Waals surface area contributed by atoms with Crippen molar-refractivity contribution in [3.05, 3.63) is 95.7 Å². The minimum absolute atomic E-state index is 0.0551. The minimum atomic E-state index is -0.400. The first kappa shape index (κ1) is 24.3. The Balaban J connectivity index is 1.21. The molecule has 196 valence electrons. The topological polar surface area (TPSA) is 54.5 Å². The van der Waals surface area contributed by atoms with Crippen LogP contribution in [0, 0.1) is 6.92 Å². The molecule has 6 heteroatoms. The van der Waals surface area contributed by atoms with Gasteiger partial charge in [-0.25, -0.2) is 0 Å². The molecular formula is C33H31N3O2S. The maximum absolute atomic E-state index is 13.7. The Hall–Kier alpha value is -3.74. The number of hydrogen-bond acceptors (Lipinski definition) is 5. The van der Waals surface area contributed by atoms with Crippen LogP contribution in [0.25, 0.3) is 31.4 Å². The Labute approximate surface area is 232 Å². The zero-order valence-corrected chi connectivity index (χ0v) is 23.1. The molecule has 2 fully saturated rings. The van der Waals surface area contributed by atoms with Gasteiger partial charge in [0.25, 0.3) is 5.91 Å². The number of likely N-dealkylation sites (N-methyl/N-ethyl adjacent to an activating group) is 1. The van der Waals surface area contributed by atoms with Gasteiger partial charge in [0, 0.05) is 32.8 Å². The van der Waals surface area contributed by atoms with Crippen LogP contribution in [-0.2, 0) is 5.54 Å². The van der Waals surface area contributed by atoms with Gasteiger partial charge in [0.2, 0.25) is 0 Å². The molecule has 1 unspecified atom stereocenters. The van der Waals surface area contributed by atoms with E-state index >= 15 is 0 Å². The lowest BCUT2D eigenvalue weighted by molar-refractivity contribution is 0.0767. The molecule has 2 aromatic heterocycles. The number of thiophene rings is 1. The largest absolute Gasteiger partial charge is 0.492 e. The van der Waals surface area contributed by atoms with Crippen molar-refractivity contribution in [3.8, 4) is 16.2 Å². The second-order valence-corrected chi connectivity index (χ2v) is 12.1. The second-order valence-electron chi connectivity index (χ2n) is 11.0. The Kier molecular flexibility index (Phi) is 5.90. The maximum Gasteiger partial charge on any atom is 0.252 e. The highest BCUT2D eigenvalue weighted by Gasteiger charge is 2.47. The molecule has 1 atom stereocenters. The number of carbonyl (C=O) groups excluding carboxylic acids is 1. The highest BCUT2D eigenvalue weighted by atomic mass is 32.1. The fraction of sp³-hybridized carbons (Fsp3) is 0.273. The van der Waals surface area contributed by atoms with Gasteiger partial charge in [-0.15, -0.1) is 11.3 Å².